The number of anilines is 1. The predicted octanol–water partition coefficient (Wildman–Crippen LogP) is 3.89. The van der Waals surface area contributed by atoms with Crippen molar-refractivity contribution in [3.63, 3.8) is 0 Å². The van der Waals surface area contributed by atoms with Crippen LogP contribution in [0.4, 0.5) is 5.69 Å². The van der Waals surface area contributed by atoms with Crippen molar-refractivity contribution in [1.82, 2.24) is 9.78 Å². The molecule has 0 spiro atoms. The first kappa shape index (κ1) is 12.5. The molecule has 0 atom stereocenters. The van der Waals surface area contributed by atoms with Gasteiger partial charge in [-0.2, -0.15) is 5.10 Å². The van der Waals surface area contributed by atoms with E-state index in [1.165, 1.54) is 11.3 Å². The highest BCUT2D eigenvalue weighted by Crippen LogP contribution is 2.31. The average molecular weight is 270 g/mol. The maximum absolute atomic E-state index is 5.97. The summed E-state index contributed by atoms with van der Waals surface area (Å²) in [6, 6.07) is 1.90. The Morgan fingerprint density at radius 1 is 1.53 bits per heavy atom. The van der Waals surface area contributed by atoms with Gasteiger partial charge in [0.1, 0.15) is 5.69 Å². The summed E-state index contributed by atoms with van der Waals surface area (Å²) in [6.45, 7) is 5.30. The van der Waals surface area contributed by atoms with Gasteiger partial charge in [0.2, 0.25) is 0 Å². The van der Waals surface area contributed by atoms with Crippen LogP contribution in [-0.4, -0.2) is 9.78 Å². The smallest absolute Gasteiger partial charge is 0.116 e. The number of aromatic nitrogens is 2. The summed E-state index contributed by atoms with van der Waals surface area (Å²) in [6.07, 6.45) is 2.99. The van der Waals surface area contributed by atoms with Gasteiger partial charge in [0.25, 0.3) is 0 Å². The summed E-state index contributed by atoms with van der Waals surface area (Å²) in [5.74, 6) is 0.666. The first-order valence-electron chi connectivity index (χ1n) is 5.63. The largest absolute Gasteiger partial charge is 0.396 e. The number of nitrogens with zero attached hydrogens (tertiary/aromatic N) is 2. The number of nitrogen functional groups attached to an aromatic ring is 1. The van der Waals surface area contributed by atoms with Gasteiger partial charge in [-0.3, -0.25) is 4.68 Å². The molecular weight excluding hydrogens is 254 g/mol. The molecule has 17 heavy (non-hydrogen) atoms. The van der Waals surface area contributed by atoms with Crippen LogP contribution in [0.15, 0.2) is 17.6 Å². The fourth-order valence-electron chi connectivity index (χ4n) is 1.60. The maximum Gasteiger partial charge on any atom is 0.116 e. The molecule has 0 aliphatic rings. The van der Waals surface area contributed by atoms with Gasteiger partial charge in [-0.25, -0.2) is 0 Å². The number of nitrogens with two attached hydrogens (primary N) is 1. The van der Waals surface area contributed by atoms with Crippen LogP contribution in [0.2, 0.25) is 4.34 Å². The van der Waals surface area contributed by atoms with Crippen LogP contribution in [0.3, 0.4) is 0 Å². The van der Waals surface area contributed by atoms with Crippen molar-refractivity contribution >= 4 is 28.6 Å². The van der Waals surface area contributed by atoms with Crippen LogP contribution < -0.4 is 5.73 Å². The summed E-state index contributed by atoms with van der Waals surface area (Å²) in [5.41, 5.74) is 8.51. The number of hydrogen-bond donors (Lipinski definition) is 1. The molecule has 2 heterocycles. The molecule has 0 unspecified atom stereocenters. The van der Waals surface area contributed by atoms with Gasteiger partial charge >= 0.3 is 0 Å². The topological polar surface area (TPSA) is 43.8 Å². The lowest BCUT2D eigenvalue weighted by atomic mass is 10.1. The minimum absolute atomic E-state index is 0.666. The second-order valence-corrected chi connectivity index (χ2v) is 6.06. The zero-order valence-corrected chi connectivity index (χ0v) is 11.6. The fraction of sp³-hybridized carbons (Fsp3) is 0.417. The van der Waals surface area contributed by atoms with Crippen LogP contribution in [0.5, 0.6) is 0 Å². The molecule has 0 radical (unpaired) electrons. The van der Waals surface area contributed by atoms with E-state index in [9.17, 15) is 0 Å². The van der Waals surface area contributed by atoms with E-state index in [4.69, 9.17) is 17.3 Å². The summed E-state index contributed by atoms with van der Waals surface area (Å²) in [5, 5.41) is 6.48. The molecule has 3 nitrogen and oxygen atoms in total. The van der Waals surface area contributed by atoms with Gasteiger partial charge in [0, 0.05) is 23.7 Å². The minimum Gasteiger partial charge on any atom is -0.396 e. The van der Waals surface area contributed by atoms with Gasteiger partial charge in [0.15, 0.2) is 0 Å². The quantitative estimate of drug-likeness (QED) is 0.915. The average Bonchev–Trinajstić information content (AvgIpc) is 2.82. The van der Waals surface area contributed by atoms with E-state index in [2.05, 4.69) is 18.9 Å². The Morgan fingerprint density at radius 2 is 2.29 bits per heavy atom. The molecule has 2 rings (SSSR count). The predicted molar refractivity (Wildman–Crippen MR) is 74.4 cm³/mol. The minimum atomic E-state index is 0.666. The standard InChI is InChI=1S/C12H16ClN3S/c1-8(2)3-4-16-6-10(14)12(15-16)9-5-11(13)17-7-9/h5-8H,3-4,14H2,1-2H3. The van der Waals surface area contributed by atoms with Crippen molar-refractivity contribution < 1.29 is 0 Å². The Balaban J connectivity index is 2.19. The molecule has 0 aromatic carbocycles. The van der Waals surface area contributed by atoms with E-state index in [1.807, 2.05) is 22.3 Å². The summed E-state index contributed by atoms with van der Waals surface area (Å²) < 4.78 is 2.67. The van der Waals surface area contributed by atoms with Gasteiger partial charge < -0.3 is 5.73 Å². The van der Waals surface area contributed by atoms with Crippen LogP contribution in [0.25, 0.3) is 11.3 Å². The van der Waals surface area contributed by atoms with Gasteiger partial charge in [-0.1, -0.05) is 25.4 Å². The number of hydrogen-bond acceptors (Lipinski definition) is 3. The van der Waals surface area contributed by atoms with E-state index in [1.54, 1.807) is 0 Å². The van der Waals surface area contributed by atoms with Crippen LogP contribution >= 0.6 is 22.9 Å². The van der Waals surface area contributed by atoms with Crippen LogP contribution in [0, 0.1) is 5.92 Å². The lowest BCUT2D eigenvalue weighted by Gasteiger charge is -2.03. The van der Waals surface area contributed by atoms with Crippen LogP contribution in [-0.2, 0) is 6.54 Å². The molecule has 2 N–H and O–H groups in total. The Hall–Kier alpha value is -1.00. The van der Waals surface area contributed by atoms with E-state index in [0.717, 1.165) is 28.6 Å². The van der Waals surface area contributed by atoms with E-state index < -0.39 is 0 Å². The number of halogens is 1. The Bertz CT molecular complexity index is 502. The fourth-order valence-corrected chi connectivity index (χ4v) is 2.47. The Morgan fingerprint density at radius 3 is 2.88 bits per heavy atom. The first-order chi connectivity index (χ1) is 8.06. The molecule has 0 saturated heterocycles. The lowest BCUT2D eigenvalue weighted by molar-refractivity contribution is 0.488. The summed E-state index contributed by atoms with van der Waals surface area (Å²) in [4.78, 5) is 0. The second-order valence-electron chi connectivity index (χ2n) is 4.52. The normalized spacial score (nSPS) is 11.3. The highest BCUT2D eigenvalue weighted by atomic mass is 35.5. The second kappa shape index (κ2) is 5.10. The van der Waals surface area contributed by atoms with Crippen molar-refractivity contribution in [1.29, 1.82) is 0 Å². The Kier molecular flexibility index (Phi) is 3.74. The molecule has 2 aromatic heterocycles. The van der Waals surface area contributed by atoms with Crippen molar-refractivity contribution in [3.8, 4) is 11.3 Å². The molecule has 0 aliphatic heterocycles. The molecule has 5 heteroatoms. The highest BCUT2D eigenvalue weighted by Gasteiger charge is 2.10. The van der Waals surface area contributed by atoms with Gasteiger partial charge in [0.05, 0.1) is 10.0 Å². The van der Waals surface area contributed by atoms with Crippen molar-refractivity contribution in [3.05, 3.63) is 22.0 Å². The molecular formula is C12H16ClN3S. The molecule has 0 bridgehead atoms. The van der Waals surface area contributed by atoms with E-state index in [-0.39, 0.29) is 0 Å². The molecule has 0 fully saturated rings. The summed E-state index contributed by atoms with van der Waals surface area (Å²) in [7, 11) is 0. The van der Waals surface area contributed by atoms with E-state index in [0.29, 0.717) is 11.6 Å². The number of thiophene rings is 1. The van der Waals surface area contributed by atoms with E-state index >= 15 is 0 Å². The monoisotopic (exact) mass is 269 g/mol. The van der Waals surface area contributed by atoms with Gasteiger partial charge in [-0.15, -0.1) is 11.3 Å². The molecule has 0 saturated carbocycles. The maximum atomic E-state index is 5.97. The third-order valence-corrected chi connectivity index (χ3v) is 3.66. The van der Waals surface area contributed by atoms with Crippen molar-refractivity contribution in [2.45, 2.75) is 26.8 Å². The molecule has 92 valence electrons. The van der Waals surface area contributed by atoms with Crippen molar-refractivity contribution in [2.75, 3.05) is 5.73 Å². The number of aryl methyl sites for hydroxylation is 1. The first-order valence-corrected chi connectivity index (χ1v) is 6.89. The Labute approximate surface area is 110 Å². The number of rotatable bonds is 4. The van der Waals surface area contributed by atoms with Gasteiger partial charge in [-0.05, 0) is 18.4 Å². The highest BCUT2D eigenvalue weighted by molar-refractivity contribution is 7.14. The SMILES string of the molecule is CC(C)CCn1cc(N)c(-c2csc(Cl)c2)n1. The van der Waals surface area contributed by atoms with Crippen LogP contribution in [0.1, 0.15) is 20.3 Å². The zero-order valence-electron chi connectivity index (χ0n) is 9.98. The molecule has 0 amide bonds. The molecule has 0 aliphatic carbocycles. The molecule has 2 aromatic rings. The third-order valence-electron chi connectivity index (χ3n) is 2.57. The van der Waals surface area contributed by atoms with Crippen molar-refractivity contribution in [2.24, 2.45) is 5.92 Å². The third kappa shape index (κ3) is 3.01. The summed E-state index contributed by atoms with van der Waals surface area (Å²) >= 11 is 7.41. The lowest BCUT2D eigenvalue weighted by Crippen LogP contribution is -2.01. The zero-order chi connectivity index (χ0) is 12.4.